The number of carbonyl (C=O) groups is 1. The Kier molecular flexibility index (Phi) is 3.01. The Morgan fingerprint density at radius 3 is 3.06 bits per heavy atom. The summed E-state index contributed by atoms with van der Waals surface area (Å²) in [4.78, 5) is 18.6. The predicted molar refractivity (Wildman–Crippen MR) is 62.5 cm³/mol. The zero-order valence-corrected chi connectivity index (χ0v) is 9.52. The lowest BCUT2D eigenvalue weighted by Gasteiger charge is -2.05. The molecule has 0 aliphatic carbocycles. The lowest BCUT2D eigenvalue weighted by molar-refractivity contribution is 0.153. The number of hydrogen-bond donors (Lipinski definition) is 2. The second kappa shape index (κ2) is 4.46. The van der Waals surface area contributed by atoms with E-state index in [1.165, 1.54) is 6.20 Å². The number of imidazole rings is 1. The number of anilines is 1. The molecule has 0 saturated heterocycles. The Labute approximate surface area is 101 Å². The maximum absolute atomic E-state index is 10.4. The molecule has 0 saturated carbocycles. The average Bonchev–Trinajstić information content (AvgIpc) is 2.54. The predicted octanol–water partition coefficient (Wildman–Crippen LogP) is 0.762. The van der Waals surface area contributed by atoms with Crippen LogP contribution in [0.25, 0.3) is 11.2 Å². The Hall–Kier alpha value is -2.02. The summed E-state index contributed by atoms with van der Waals surface area (Å²) >= 11 is 5.79. The summed E-state index contributed by atoms with van der Waals surface area (Å²) in [6, 6.07) is 1.66. The van der Waals surface area contributed by atoms with Gasteiger partial charge in [0.05, 0.1) is 11.6 Å². The van der Waals surface area contributed by atoms with Gasteiger partial charge in [-0.05, 0) is 6.07 Å². The van der Waals surface area contributed by atoms with Crippen LogP contribution in [0.4, 0.5) is 10.7 Å². The molecule has 17 heavy (non-hydrogen) atoms. The lowest BCUT2D eigenvalue weighted by Crippen LogP contribution is -2.17. The maximum Gasteiger partial charge on any atom is 0.404 e. The average molecular weight is 256 g/mol. The molecule has 0 aromatic carbocycles. The van der Waals surface area contributed by atoms with Crippen LogP contribution in [0.15, 0.2) is 12.3 Å². The van der Waals surface area contributed by atoms with Crippen LogP contribution >= 0.6 is 11.6 Å². The van der Waals surface area contributed by atoms with Crippen molar-refractivity contribution in [3.05, 3.63) is 17.3 Å². The number of nitrogens with two attached hydrogens (primary N) is 2. The number of halogens is 1. The minimum atomic E-state index is -0.830. The molecule has 2 heterocycles. The van der Waals surface area contributed by atoms with E-state index in [4.69, 9.17) is 23.1 Å². The zero-order valence-electron chi connectivity index (χ0n) is 8.76. The number of hydrogen-bond acceptors (Lipinski definition) is 5. The number of ether oxygens (including phenoxy) is 1. The van der Waals surface area contributed by atoms with Crippen molar-refractivity contribution in [3.8, 4) is 0 Å². The van der Waals surface area contributed by atoms with Crippen molar-refractivity contribution >= 4 is 34.8 Å². The van der Waals surface area contributed by atoms with Crippen LogP contribution in [0.3, 0.4) is 0 Å². The van der Waals surface area contributed by atoms with Crippen LogP contribution in [0.5, 0.6) is 0 Å². The highest BCUT2D eigenvalue weighted by molar-refractivity contribution is 6.31. The molecule has 0 atom stereocenters. The van der Waals surface area contributed by atoms with E-state index >= 15 is 0 Å². The Morgan fingerprint density at radius 2 is 2.35 bits per heavy atom. The van der Waals surface area contributed by atoms with Crippen molar-refractivity contribution in [3.63, 3.8) is 0 Å². The molecule has 2 aromatic rings. The number of rotatable bonds is 3. The number of pyridine rings is 1. The number of primary amides is 1. The van der Waals surface area contributed by atoms with Crippen molar-refractivity contribution < 1.29 is 9.53 Å². The molecule has 90 valence electrons. The van der Waals surface area contributed by atoms with Crippen LogP contribution in [0.2, 0.25) is 5.02 Å². The topological polar surface area (TPSA) is 109 Å². The zero-order chi connectivity index (χ0) is 12.4. The van der Waals surface area contributed by atoms with Gasteiger partial charge in [0.15, 0.2) is 5.65 Å². The van der Waals surface area contributed by atoms with E-state index in [1.807, 2.05) is 0 Å². The fourth-order valence-electron chi connectivity index (χ4n) is 1.46. The molecule has 0 radical (unpaired) electrons. The Morgan fingerprint density at radius 1 is 1.59 bits per heavy atom. The highest BCUT2D eigenvalue weighted by Crippen LogP contribution is 2.18. The molecule has 7 nitrogen and oxygen atoms in total. The van der Waals surface area contributed by atoms with Crippen molar-refractivity contribution in [2.45, 2.75) is 6.54 Å². The smallest absolute Gasteiger partial charge is 0.404 e. The van der Waals surface area contributed by atoms with E-state index < -0.39 is 6.09 Å². The molecule has 0 aliphatic rings. The van der Waals surface area contributed by atoms with Crippen molar-refractivity contribution in [2.75, 3.05) is 12.3 Å². The molecule has 2 aromatic heterocycles. The Balaban J connectivity index is 2.27. The number of nitrogen functional groups attached to an aromatic ring is 1. The fraction of sp³-hybridized carbons (Fsp3) is 0.222. The monoisotopic (exact) mass is 255 g/mol. The van der Waals surface area contributed by atoms with E-state index in [2.05, 4.69) is 14.7 Å². The van der Waals surface area contributed by atoms with Gasteiger partial charge in [-0.1, -0.05) is 11.6 Å². The molecule has 1 amide bonds. The summed E-state index contributed by atoms with van der Waals surface area (Å²) in [5.74, 6) is 0.280. The van der Waals surface area contributed by atoms with Gasteiger partial charge in [-0.2, -0.15) is 0 Å². The van der Waals surface area contributed by atoms with Gasteiger partial charge in [0.25, 0.3) is 0 Å². The standard InChI is InChI=1S/C9H10ClN5O2/c10-5-3-6-7(13-4-5)15(8(11)14-6)1-2-17-9(12)16/h3-4H,1-2H2,(H2,11,14)(H2,12,16). The quantitative estimate of drug-likeness (QED) is 0.842. The van der Waals surface area contributed by atoms with Crippen LogP contribution in [0.1, 0.15) is 0 Å². The second-order valence-electron chi connectivity index (χ2n) is 3.29. The molecular weight excluding hydrogens is 246 g/mol. The number of carbonyl (C=O) groups excluding carboxylic acids is 1. The highest BCUT2D eigenvalue weighted by Gasteiger charge is 2.10. The largest absolute Gasteiger partial charge is 0.448 e. The van der Waals surface area contributed by atoms with E-state index in [-0.39, 0.29) is 12.6 Å². The van der Waals surface area contributed by atoms with Crippen molar-refractivity contribution in [1.82, 2.24) is 14.5 Å². The van der Waals surface area contributed by atoms with Gasteiger partial charge in [-0.25, -0.2) is 14.8 Å². The van der Waals surface area contributed by atoms with Gasteiger partial charge in [0.1, 0.15) is 12.1 Å². The maximum atomic E-state index is 10.4. The molecule has 8 heteroatoms. The van der Waals surface area contributed by atoms with Gasteiger partial charge < -0.3 is 16.2 Å². The molecule has 0 spiro atoms. The second-order valence-corrected chi connectivity index (χ2v) is 3.72. The lowest BCUT2D eigenvalue weighted by atomic mass is 10.4. The molecule has 0 bridgehead atoms. The first kappa shape index (κ1) is 11.5. The van der Waals surface area contributed by atoms with Crippen LogP contribution in [-0.4, -0.2) is 27.2 Å². The molecule has 2 rings (SSSR count). The van der Waals surface area contributed by atoms with Crippen LogP contribution in [0, 0.1) is 0 Å². The summed E-state index contributed by atoms with van der Waals surface area (Å²) in [6.07, 6.45) is 0.667. The summed E-state index contributed by atoms with van der Waals surface area (Å²) < 4.78 is 6.24. The summed E-state index contributed by atoms with van der Waals surface area (Å²) in [5, 5.41) is 0.482. The van der Waals surface area contributed by atoms with E-state index in [1.54, 1.807) is 10.6 Å². The van der Waals surface area contributed by atoms with Crippen LogP contribution < -0.4 is 11.5 Å². The van der Waals surface area contributed by atoms with Crippen molar-refractivity contribution in [1.29, 1.82) is 0 Å². The minimum absolute atomic E-state index is 0.106. The molecule has 0 fully saturated rings. The fourth-order valence-corrected chi connectivity index (χ4v) is 1.61. The first-order valence-electron chi connectivity index (χ1n) is 4.77. The summed E-state index contributed by atoms with van der Waals surface area (Å²) in [7, 11) is 0. The normalized spacial score (nSPS) is 10.6. The van der Waals surface area contributed by atoms with Crippen LogP contribution in [-0.2, 0) is 11.3 Å². The summed E-state index contributed by atoms with van der Waals surface area (Å²) in [6.45, 7) is 0.440. The number of fused-ring (bicyclic) bond motifs is 1. The third kappa shape index (κ3) is 2.39. The number of nitrogens with zero attached hydrogens (tertiary/aromatic N) is 3. The van der Waals surface area contributed by atoms with E-state index in [0.717, 1.165) is 0 Å². The number of amides is 1. The van der Waals surface area contributed by atoms with Gasteiger partial charge in [-0.3, -0.25) is 4.57 Å². The third-order valence-electron chi connectivity index (χ3n) is 2.14. The van der Waals surface area contributed by atoms with Gasteiger partial charge in [-0.15, -0.1) is 0 Å². The summed E-state index contributed by atoms with van der Waals surface area (Å²) in [5.41, 5.74) is 11.7. The molecule has 0 aliphatic heterocycles. The molecular formula is C9H10ClN5O2. The van der Waals surface area contributed by atoms with Gasteiger partial charge in [0, 0.05) is 6.20 Å². The number of aromatic nitrogens is 3. The SMILES string of the molecule is NC(=O)OCCn1c(N)nc2cc(Cl)cnc21. The van der Waals surface area contributed by atoms with E-state index in [9.17, 15) is 4.79 Å². The van der Waals surface area contributed by atoms with Crippen molar-refractivity contribution in [2.24, 2.45) is 5.73 Å². The van der Waals surface area contributed by atoms with Gasteiger partial charge >= 0.3 is 6.09 Å². The minimum Gasteiger partial charge on any atom is -0.448 e. The highest BCUT2D eigenvalue weighted by atomic mass is 35.5. The Bertz CT molecular complexity index is 568. The molecule has 0 unspecified atom stereocenters. The first-order chi connectivity index (χ1) is 8.08. The molecule has 4 N–H and O–H groups in total. The van der Waals surface area contributed by atoms with E-state index in [0.29, 0.717) is 22.7 Å². The third-order valence-corrected chi connectivity index (χ3v) is 2.35. The van der Waals surface area contributed by atoms with Gasteiger partial charge in [0.2, 0.25) is 5.95 Å². The first-order valence-corrected chi connectivity index (χ1v) is 5.15.